The van der Waals surface area contributed by atoms with Crippen LogP contribution in [0.15, 0.2) is 22.7 Å². The van der Waals surface area contributed by atoms with Crippen molar-refractivity contribution in [2.24, 2.45) is 0 Å². The average molecular weight is 299 g/mol. The summed E-state index contributed by atoms with van der Waals surface area (Å²) in [6, 6.07) is 6.24. The third-order valence-corrected chi connectivity index (χ3v) is 3.36. The first-order valence-corrected chi connectivity index (χ1v) is 6.58. The number of anilines is 1. The molecule has 1 aromatic rings. The predicted molar refractivity (Wildman–Crippen MR) is 75.3 cm³/mol. The number of amides is 1. The first kappa shape index (κ1) is 14.0. The first-order chi connectivity index (χ1) is 8.00. The number of aryl methyl sites for hydroxylation is 1. The van der Waals surface area contributed by atoms with Crippen LogP contribution in [0, 0.1) is 6.92 Å². The van der Waals surface area contributed by atoms with E-state index in [2.05, 4.69) is 26.6 Å². The Balaban J connectivity index is 2.41. The van der Waals surface area contributed by atoms with Gasteiger partial charge >= 0.3 is 0 Å². The Bertz CT molecular complexity index is 391. The van der Waals surface area contributed by atoms with E-state index < -0.39 is 0 Å². The molecule has 4 heteroatoms. The standard InChI is InChI=1S/C13H19BrN2O/c1-9(2)16-12(17)7-8-15-11-6-4-5-10(3)13(11)14/h4-6,9,15H,7-8H2,1-3H3,(H,16,17). The number of rotatable bonds is 5. The van der Waals surface area contributed by atoms with Gasteiger partial charge in [0.05, 0.1) is 0 Å². The zero-order valence-electron chi connectivity index (χ0n) is 10.5. The lowest BCUT2D eigenvalue weighted by atomic mass is 10.2. The molecule has 0 saturated carbocycles. The Kier molecular flexibility index (Phi) is 5.48. The van der Waals surface area contributed by atoms with Gasteiger partial charge in [-0.05, 0) is 48.3 Å². The van der Waals surface area contributed by atoms with Gasteiger partial charge in [0.25, 0.3) is 0 Å². The monoisotopic (exact) mass is 298 g/mol. The molecule has 0 atom stereocenters. The van der Waals surface area contributed by atoms with Gasteiger partial charge in [-0.2, -0.15) is 0 Å². The molecule has 0 aromatic heterocycles. The largest absolute Gasteiger partial charge is 0.384 e. The van der Waals surface area contributed by atoms with E-state index in [1.807, 2.05) is 39.0 Å². The molecule has 0 saturated heterocycles. The Morgan fingerprint density at radius 2 is 2.12 bits per heavy atom. The number of carbonyl (C=O) groups is 1. The molecule has 0 heterocycles. The second-order valence-corrected chi connectivity index (χ2v) is 5.13. The molecular formula is C13H19BrN2O. The zero-order valence-corrected chi connectivity index (χ0v) is 12.1. The lowest BCUT2D eigenvalue weighted by Crippen LogP contribution is -2.31. The summed E-state index contributed by atoms with van der Waals surface area (Å²) in [5.41, 5.74) is 2.21. The summed E-state index contributed by atoms with van der Waals surface area (Å²) >= 11 is 3.52. The molecule has 0 spiro atoms. The smallest absolute Gasteiger partial charge is 0.221 e. The molecule has 0 radical (unpaired) electrons. The van der Waals surface area contributed by atoms with Gasteiger partial charge in [-0.25, -0.2) is 0 Å². The van der Waals surface area contributed by atoms with Crippen molar-refractivity contribution in [3.8, 4) is 0 Å². The van der Waals surface area contributed by atoms with Gasteiger partial charge < -0.3 is 10.6 Å². The van der Waals surface area contributed by atoms with Crippen LogP contribution in [0.5, 0.6) is 0 Å². The Labute approximate surface area is 111 Å². The maximum absolute atomic E-state index is 11.4. The Morgan fingerprint density at radius 1 is 1.41 bits per heavy atom. The zero-order chi connectivity index (χ0) is 12.8. The third-order valence-electron chi connectivity index (χ3n) is 2.31. The number of benzene rings is 1. The minimum Gasteiger partial charge on any atom is -0.384 e. The summed E-state index contributed by atoms with van der Waals surface area (Å²) < 4.78 is 1.06. The van der Waals surface area contributed by atoms with E-state index >= 15 is 0 Å². The van der Waals surface area contributed by atoms with E-state index in [1.54, 1.807) is 0 Å². The molecule has 0 unspecified atom stereocenters. The van der Waals surface area contributed by atoms with Crippen molar-refractivity contribution < 1.29 is 4.79 Å². The second kappa shape index (κ2) is 6.64. The van der Waals surface area contributed by atoms with Crippen LogP contribution in [-0.4, -0.2) is 18.5 Å². The van der Waals surface area contributed by atoms with Crippen molar-refractivity contribution >= 4 is 27.5 Å². The van der Waals surface area contributed by atoms with Crippen molar-refractivity contribution in [3.05, 3.63) is 28.2 Å². The van der Waals surface area contributed by atoms with Gasteiger partial charge in [0, 0.05) is 29.2 Å². The lowest BCUT2D eigenvalue weighted by molar-refractivity contribution is -0.121. The molecule has 17 heavy (non-hydrogen) atoms. The SMILES string of the molecule is Cc1cccc(NCCC(=O)NC(C)C)c1Br. The van der Waals surface area contributed by atoms with Gasteiger partial charge in [0.2, 0.25) is 5.91 Å². The van der Waals surface area contributed by atoms with Crippen molar-refractivity contribution in [1.82, 2.24) is 5.32 Å². The molecule has 0 aliphatic heterocycles. The number of nitrogens with one attached hydrogen (secondary N) is 2. The summed E-state index contributed by atoms with van der Waals surface area (Å²) in [6.07, 6.45) is 0.485. The Morgan fingerprint density at radius 3 is 2.76 bits per heavy atom. The minimum absolute atomic E-state index is 0.0799. The summed E-state index contributed by atoms with van der Waals surface area (Å²) in [7, 11) is 0. The maximum Gasteiger partial charge on any atom is 0.221 e. The van der Waals surface area contributed by atoms with Crippen LogP contribution in [-0.2, 0) is 4.79 Å². The summed E-state index contributed by atoms with van der Waals surface area (Å²) in [5.74, 6) is 0.0799. The highest BCUT2D eigenvalue weighted by atomic mass is 79.9. The molecule has 1 amide bonds. The molecule has 2 N–H and O–H groups in total. The minimum atomic E-state index is 0.0799. The predicted octanol–water partition coefficient (Wildman–Crippen LogP) is 3.08. The highest BCUT2D eigenvalue weighted by Gasteiger charge is 2.04. The van der Waals surface area contributed by atoms with Gasteiger partial charge in [-0.3, -0.25) is 4.79 Å². The normalized spacial score (nSPS) is 10.4. The van der Waals surface area contributed by atoms with E-state index in [0.717, 1.165) is 10.2 Å². The fourth-order valence-electron chi connectivity index (χ4n) is 1.49. The fourth-order valence-corrected chi connectivity index (χ4v) is 1.89. The highest BCUT2D eigenvalue weighted by Crippen LogP contribution is 2.25. The lowest BCUT2D eigenvalue weighted by Gasteiger charge is -2.11. The van der Waals surface area contributed by atoms with Crippen LogP contribution in [0.2, 0.25) is 0 Å². The van der Waals surface area contributed by atoms with Gasteiger partial charge in [0.15, 0.2) is 0 Å². The van der Waals surface area contributed by atoms with E-state index in [-0.39, 0.29) is 11.9 Å². The molecule has 94 valence electrons. The van der Waals surface area contributed by atoms with Crippen LogP contribution in [0.4, 0.5) is 5.69 Å². The Hall–Kier alpha value is -1.03. The molecule has 0 bridgehead atoms. The van der Waals surface area contributed by atoms with Crippen LogP contribution < -0.4 is 10.6 Å². The molecule has 3 nitrogen and oxygen atoms in total. The first-order valence-electron chi connectivity index (χ1n) is 5.79. The number of carbonyl (C=O) groups excluding carboxylic acids is 1. The molecule has 0 aliphatic carbocycles. The number of hydrogen-bond donors (Lipinski definition) is 2. The average Bonchev–Trinajstić information content (AvgIpc) is 2.23. The van der Waals surface area contributed by atoms with Crippen molar-refractivity contribution in [2.45, 2.75) is 33.2 Å². The van der Waals surface area contributed by atoms with E-state index in [0.29, 0.717) is 13.0 Å². The van der Waals surface area contributed by atoms with Crippen molar-refractivity contribution in [1.29, 1.82) is 0 Å². The van der Waals surface area contributed by atoms with Crippen molar-refractivity contribution in [2.75, 3.05) is 11.9 Å². The van der Waals surface area contributed by atoms with E-state index in [4.69, 9.17) is 0 Å². The quantitative estimate of drug-likeness (QED) is 0.877. The highest BCUT2D eigenvalue weighted by molar-refractivity contribution is 9.10. The number of hydrogen-bond acceptors (Lipinski definition) is 2. The fraction of sp³-hybridized carbons (Fsp3) is 0.462. The van der Waals surface area contributed by atoms with E-state index in [1.165, 1.54) is 5.56 Å². The molecule has 0 aliphatic rings. The molecular weight excluding hydrogens is 280 g/mol. The molecule has 0 fully saturated rings. The maximum atomic E-state index is 11.4. The third kappa shape index (κ3) is 4.77. The van der Waals surface area contributed by atoms with Crippen LogP contribution in [0.3, 0.4) is 0 Å². The molecule has 1 aromatic carbocycles. The van der Waals surface area contributed by atoms with Crippen LogP contribution >= 0.6 is 15.9 Å². The van der Waals surface area contributed by atoms with Crippen LogP contribution in [0.1, 0.15) is 25.8 Å². The summed E-state index contributed by atoms with van der Waals surface area (Å²) in [5, 5.41) is 6.11. The topological polar surface area (TPSA) is 41.1 Å². The van der Waals surface area contributed by atoms with Crippen LogP contribution in [0.25, 0.3) is 0 Å². The van der Waals surface area contributed by atoms with Gasteiger partial charge in [-0.1, -0.05) is 12.1 Å². The molecule has 1 rings (SSSR count). The van der Waals surface area contributed by atoms with Crippen molar-refractivity contribution in [3.63, 3.8) is 0 Å². The van der Waals surface area contributed by atoms with E-state index in [9.17, 15) is 4.79 Å². The van der Waals surface area contributed by atoms with Gasteiger partial charge in [0.1, 0.15) is 0 Å². The summed E-state index contributed by atoms with van der Waals surface area (Å²) in [6.45, 7) is 6.60. The summed E-state index contributed by atoms with van der Waals surface area (Å²) in [4.78, 5) is 11.4. The second-order valence-electron chi connectivity index (χ2n) is 4.34. The van der Waals surface area contributed by atoms with Gasteiger partial charge in [-0.15, -0.1) is 0 Å². The number of halogens is 1.